The Hall–Kier alpha value is -1.04. The van der Waals surface area contributed by atoms with E-state index in [-0.39, 0.29) is 5.91 Å². The van der Waals surface area contributed by atoms with Gasteiger partial charge in [0.25, 0.3) is 0 Å². The Bertz CT molecular complexity index is 234. The molecule has 0 spiro atoms. The minimum Gasteiger partial charge on any atom is -0.342 e. The molecular formula is C10H16N2O. The summed E-state index contributed by atoms with van der Waals surface area (Å²) in [4.78, 5) is 13.6. The lowest BCUT2D eigenvalue weighted by Gasteiger charge is -2.37. The largest absolute Gasteiger partial charge is 0.342 e. The number of carbonyl (C=O) groups excluding carboxylic acids is 1. The van der Waals surface area contributed by atoms with Crippen molar-refractivity contribution in [3.8, 4) is 6.07 Å². The second-order valence-corrected chi connectivity index (χ2v) is 3.52. The molecule has 0 N–H and O–H groups in total. The Labute approximate surface area is 79.3 Å². The lowest BCUT2D eigenvalue weighted by molar-refractivity contribution is -0.142. The SMILES string of the molecule is CCN(CC)C(=O)C1(C#N)CCC1. The molecule has 0 atom stereocenters. The third-order valence-electron chi connectivity index (χ3n) is 2.88. The summed E-state index contributed by atoms with van der Waals surface area (Å²) in [7, 11) is 0. The molecule has 0 radical (unpaired) electrons. The van der Waals surface area contributed by atoms with Crippen LogP contribution in [0.3, 0.4) is 0 Å². The van der Waals surface area contributed by atoms with Crippen LogP contribution in [-0.2, 0) is 4.79 Å². The predicted molar refractivity (Wildman–Crippen MR) is 49.8 cm³/mol. The van der Waals surface area contributed by atoms with Crippen molar-refractivity contribution in [2.75, 3.05) is 13.1 Å². The number of rotatable bonds is 3. The smallest absolute Gasteiger partial charge is 0.243 e. The summed E-state index contributed by atoms with van der Waals surface area (Å²) >= 11 is 0. The lowest BCUT2D eigenvalue weighted by atomic mass is 9.69. The molecule has 1 fully saturated rings. The number of hydrogen-bond donors (Lipinski definition) is 0. The molecule has 3 nitrogen and oxygen atoms in total. The van der Waals surface area contributed by atoms with Gasteiger partial charge < -0.3 is 4.90 Å². The van der Waals surface area contributed by atoms with Crippen molar-refractivity contribution in [3.05, 3.63) is 0 Å². The summed E-state index contributed by atoms with van der Waals surface area (Å²) in [5.41, 5.74) is -0.661. The molecule has 0 aromatic carbocycles. The number of nitriles is 1. The second-order valence-electron chi connectivity index (χ2n) is 3.52. The van der Waals surface area contributed by atoms with Crippen LogP contribution in [0.4, 0.5) is 0 Å². The first-order chi connectivity index (χ1) is 6.20. The molecule has 1 aliphatic carbocycles. The molecule has 0 aromatic rings. The summed E-state index contributed by atoms with van der Waals surface area (Å²) < 4.78 is 0. The van der Waals surface area contributed by atoms with Crippen LogP contribution in [-0.4, -0.2) is 23.9 Å². The maximum Gasteiger partial charge on any atom is 0.243 e. The molecule has 0 unspecified atom stereocenters. The minimum atomic E-state index is -0.661. The summed E-state index contributed by atoms with van der Waals surface area (Å²) in [6, 6.07) is 2.17. The summed E-state index contributed by atoms with van der Waals surface area (Å²) in [5, 5.41) is 8.95. The zero-order valence-corrected chi connectivity index (χ0v) is 8.34. The molecular weight excluding hydrogens is 164 g/mol. The van der Waals surface area contributed by atoms with E-state index in [0.717, 1.165) is 19.3 Å². The van der Waals surface area contributed by atoms with Gasteiger partial charge in [0.15, 0.2) is 0 Å². The van der Waals surface area contributed by atoms with Crippen molar-refractivity contribution in [1.82, 2.24) is 4.90 Å². The minimum absolute atomic E-state index is 0.0336. The molecule has 1 saturated carbocycles. The van der Waals surface area contributed by atoms with Crippen LogP contribution in [0.2, 0.25) is 0 Å². The van der Waals surface area contributed by atoms with E-state index in [9.17, 15) is 4.79 Å². The Morgan fingerprint density at radius 2 is 2.00 bits per heavy atom. The fraction of sp³-hybridized carbons (Fsp3) is 0.800. The van der Waals surface area contributed by atoms with E-state index in [1.165, 1.54) is 0 Å². The third kappa shape index (κ3) is 1.53. The molecule has 1 aliphatic rings. The number of carbonyl (C=O) groups is 1. The van der Waals surface area contributed by atoms with Gasteiger partial charge >= 0.3 is 0 Å². The Balaban J connectivity index is 2.70. The van der Waals surface area contributed by atoms with E-state index in [2.05, 4.69) is 6.07 Å². The molecule has 0 heterocycles. The standard InChI is InChI=1S/C10H16N2O/c1-3-12(4-2)9(13)10(8-11)6-5-7-10/h3-7H2,1-2H3. The molecule has 1 amide bonds. The van der Waals surface area contributed by atoms with Gasteiger partial charge in [0, 0.05) is 13.1 Å². The zero-order valence-electron chi connectivity index (χ0n) is 8.34. The Kier molecular flexibility index (Phi) is 2.92. The molecule has 0 saturated heterocycles. The highest BCUT2D eigenvalue weighted by Gasteiger charge is 2.46. The lowest BCUT2D eigenvalue weighted by Crippen LogP contribution is -2.46. The molecule has 0 bridgehead atoms. The molecule has 3 heteroatoms. The van der Waals surface area contributed by atoms with Crippen molar-refractivity contribution in [1.29, 1.82) is 5.26 Å². The van der Waals surface area contributed by atoms with Gasteiger partial charge in [0.2, 0.25) is 5.91 Å². The molecule has 72 valence electrons. The van der Waals surface area contributed by atoms with E-state index in [1.54, 1.807) is 4.90 Å². The molecule has 0 aliphatic heterocycles. The van der Waals surface area contributed by atoms with E-state index >= 15 is 0 Å². The van der Waals surface area contributed by atoms with Crippen LogP contribution >= 0.6 is 0 Å². The highest BCUT2D eigenvalue weighted by atomic mass is 16.2. The van der Waals surface area contributed by atoms with Gasteiger partial charge in [-0.15, -0.1) is 0 Å². The van der Waals surface area contributed by atoms with E-state index in [4.69, 9.17) is 5.26 Å². The van der Waals surface area contributed by atoms with Crippen LogP contribution < -0.4 is 0 Å². The first-order valence-electron chi connectivity index (χ1n) is 4.91. The summed E-state index contributed by atoms with van der Waals surface area (Å²) in [6.07, 6.45) is 2.51. The van der Waals surface area contributed by atoms with Gasteiger partial charge in [-0.25, -0.2) is 0 Å². The van der Waals surface area contributed by atoms with Gasteiger partial charge in [0.1, 0.15) is 5.41 Å². The second kappa shape index (κ2) is 3.78. The van der Waals surface area contributed by atoms with Gasteiger partial charge in [-0.1, -0.05) is 0 Å². The average molecular weight is 180 g/mol. The number of nitrogens with zero attached hydrogens (tertiary/aromatic N) is 2. The van der Waals surface area contributed by atoms with Crippen LogP contribution in [0.1, 0.15) is 33.1 Å². The first-order valence-corrected chi connectivity index (χ1v) is 4.91. The van der Waals surface area contributed by atoms with Crippen LogP contribution in [0, 0.1) is 16.7 Å². The fourth-order valence-electron chi connectivity index (χ4n) is 1.72. The Morgan fingerprint density at radius 3 is 2.23 bits per heavy atom. The van der Waals surface area contributed by atoms with Crippen LogP contribution in [0.5, 0.6) is 0 Å². The molecule has 1 rings (SSSR count). The van der Waals surface area contributed by atoms with Crippen molar-refractivity contribution >= 4 is 5.91 Å². The van der Waals surface area contributed by atoms with Crippen LogP contribution in [0.15, 0.2) is 0 Å². The molecule has 13 heavy (non-hydrogen) atoms. The first kappa shape index (κ1) is 10.0. The van der Waals surface area contributed by atoms with Gasteiger partial charge in [-0.2, -0.15) is 5.26 Å². The quantitative estimate of drug-likeness (QED) is 0.661. The van der Waals surface area contributed by atoms with Gasteiger partial charge in [0.05, 0.1) is 6.07 Å². The van der Waals surface area contributed by atoms with Gasteiger partial charge in [-0.05, 0) is 33.1 Å². The fourth-order valence-corrected chi connectivity index (χ4v) is 1.72. The monoisotopic (exact) mass is 180 g/mol. The highest BCUT2D eigenvalue weighted by Crippen LogP contribution is 2.41. The number of amides is 1. The average Bonchev–Trinajstić information content (AvgIpc) is 2.05. The predicted octanol–water partition coefficient (Wildman–Crippen LogP) is 1.55. The highest BCUT2D eigenvalue weighted by molar-refractivity contribution is 5.86. The van der Waals surface area contributed by atoms with Crippen LogP contribution in [0.25, 0.3) is 0 Å². The van der Waals surface area contributed by atoms with Crippen molar-refractivity contribution in [2.45, 2.75) is 33.1 Å². The van der Waals surface area contributed by atoms with Crippen molar-refractivity contribution in [3.63, 3.8) is 0 Å². The summed E-state index contributed by atoms with van der Waals surface area (Å²) in [5.74, 6) is 0.0336. The zero-order chi connectivity index (χ0) is 9.90. The van der Waals surface area contributed by atoms with Gasteiger partial charge in [-0.3, -0.25) is 4.79 Å². The summed E-state index contributed by atoms with van der Waals surface area (Å²) in [6.45, 7) is 5.31. The topological polar surface area (TPSA) is 44.1 Å². The Morgan fingerprint density at radius 1 is 1.46 bits per heavy atom. The van der Waals surface area contributed by atoms with E-state index in [0.29, 0.717) is 13.1 Å². The van der Waals surface area contributed by atoms with E-state index in [1.807, 2.05) is 13.8 Å². The normalized spacial score (nSPS) is 18.5. The molecule has 0 aromatic heterocycles. The third-order valence-corrected chi connectivity index (χ3v) is 2.88. The maximum absolute atomic E-state index is 11.8. The van der Waals surface area contributed by atoms with Crippen molar-refractivity contribution < 1.29 is 4.79 Å². The number of hydrogen-bond acceptors (Lipinski definition) is 2. The maximum atomic E-state index is 11.8. The van der Waals surface area contributed by atoms with E-state index < -0.39 is 5.41 Å². The van der Waals surface area contributed by atoms with Crippen molar-refractivity contribution in [2.24, 2.45) is 5.41 Å².